The average Bonchev–Trinajstić information content (AvgIpc) is 3.18. The van der Waals surface area contributed by atoms with Crippen molar-refractivity contribution in [3.8, 4) is 5.75 Å². The summed E-state index contributed by atoms with van der Waals surface area (Å²) in [4.78, 5) is 26.7. The van der Waals surface area contributed by atoms with Crippen LogP contribution in [0.2, 0.25) is 5.02 Å². The maximum Gasteiger partial charge on any atom is 0.242 e. The molecule has 1 amide bonds. The number of methoxy groups -OCH3 is 1. The zero-order chi connectivity index (χ0) is 20.4. The molecule has 1 fully saturated rings. The van der Waals surface area contributed by atoms with Gasteiger partial charge in [0.2, 0.25) is 11.3 Å². The molecule has 1 saturated heterocycles. The van der Waals surface area contributed by atoms with Gasteiger partial charge >= 0.3 is 0 Å². The van der Waals surface area contributed by atoms with Crippen molar-refractivity contribution in [3.05, 3.63) is 63.9 Å². The normalized spacial score (nSPS) is 16.2. The summed E-state index contributed by atoms with van der Waals surface area (Å²) in [6, 6.07) is 12.7. The van der Waals surface area contributed by atoms with E-state index in [0.29, 0.717) is 22.5 Å². The van der Waals surface area contributed by atoms with E-state index in [4.69, 9.17) is 16.3 Å². The monoisotopic (exact) mass is 412 g/mol. The number of hydrogen-bond donors (Lipinski definition) is 1. The first-order valence-electron chi connectivity index (χ1n) is 9.38. The molecule has 0 spiro atoms. The molecule has 1 unspecified atom stereocenters. The number of halogens is 1. The Hall–Kier alpha value is -3.06. The van der Waals surface area contributed by atoms with Gasteiger partial charge in [0.1, 0.15) is 12.3 Å². The van der Waals surface area contributed by atoms with Gasteiger partial charge in [-0.05, 0) is 36.8 Å². The Morgan fingerprint density at radius 3 is 2.97 bits per heavy atom. The van der Waals surface area contributed by atoms with Crippen LogP contribution in [0.1, 0.15) is 6.42 Å². The summed E-state index contributed by atoms with van der Waals surface area (Å²) in [5, 5.41) is 8.38. The first-order chi connectivity index (χ1) is 14.0. The molecule has 1 aliphatic heterocycles. The van der Waals surface area contributed by atoms with Gasteiger partial charge in [-0.3, -0.25) is 14.3 Å². The molecule has 0 radical (unpaired) electrons. The molecule has 7 nitrogen and oxygen atoms in total. The lowest BCUT2D eigenvalue weighted by molar-refractivity contribution is -0.122. The van der Waals surface area contributed by atoms with Crippen LogP contribution < -0.4 is 20.4 Å². The Morgan fingerprint density at radius 1 is 1.31 bits per heavy atom. The fourth-order valence-corrected chi connectivity index (χ4v) is 3.87. The fraction of sp³-hybridized carbons (Fsp3) is 0.286. The lowest BCUT2D eigenvalue weighted by atomic mass is 10.2. The van der Waals surface area contributed by atoms with Crippen LogP contribution in [0.5, 0.6) is 5.75 Å². The van der Waals surface area contributed by atoms with Gasteiger partial charge in [-0.15, -0.1) is 0 Å². The summed E-state index contributed by atoms with van der Waals surface area (Å²) in [7, 11) is 1.63. The van der Waals surface area contributed by atoms with Crippen LogP contribution in [0.15, 0.2) is 53.5 Å². The van der Waals surface area contributed by atoms with Crippen molar-refractivity contribution >= 4 is 34.1 Å². The quantitative estimate of drug-likeness (QED) is 0.696. The van der Waals surface area contributed by atoms with Crippen LogP contribution in [0.3, 0.4) is 0 Å². The van der Waals surface area contributed by atoms with Gasteiger partial charge in [0.05, 0.1) is 24.5 Å². The Balaban J connectivity index is 1.44. The number of hydrogen-bond acceptors (Lipinski definition) is 5. The van der Waals surface area contributed by atoms with Crippen molar-refractivity contribution in [1.82, 2.24) is 15.1 Å². The molecule has 2 aromatic carbocycles. The molecule has 1 aliphatic rings. The molecular weight excluding hydrogens is 392 g/mol. The number of fused-ring (bicyclic) bond motifs is 1. The minimum absolute atomic E-state index is 0.0110. The van der Waals surface area contributed by atoms with Crippen LogP contribution in [0.4, 0.5) is 5.69 Å². The van der Waals surface area contributed by atoms with E-state index in [1.54, 1.807) is 36.1 Å². The zero-order valence-electron chi connectivity index (χ0n) is 16.0. The Bertz CT molecular complexity index is 1110. The Kier molecular flexibility index (Phi) is 5.40. The maximum absolute atomic E-state index is 12.6. The predicted octanol–water partition coefficient (Wildman–Crippen LogP) is 2.45. The van der Waals surface area contributed by atoms with Gasteiger partial charge in [0.15, 0.2) is 0 Å². The molecule has 0 bridgehead atoms. The number of carbonyl (C=O) groups excluding carboxylic acids is 1. The largest absolute Gasteiger partial charge is 0.495 e. The fourth-order valence-electron chi connectivity index (χ4n) is 3.70. The Morgan fingerprint density at radius 2 is 2.14 bits per heavy atom. The highest BCUT2D eigenvalue weighted by molar-refractivity contribution is 6.30. The van der Waals surface area contributed by atoms with Crippen molar-refractivity contribution in [2.75, 3.05) is 25.1 Å². The molecule has 0 aliphatic carbocycles. The van der Waals surface area contributed by atoms with Crippen LogP contribution in [-0.4, -0.2) is 41.9 Å². The van der Waals surface area contributed by atoms with Gasteiger partial charge in [-0.1, -0.05) is 23.7 Å². The van der Waals surface area contributed by atoms with Crippen LogP contribution in [0, 0.1) is 0 Å². The summed E-state index contributed by atoms with van der Waals surface area (Å²) in [6.45, 7) is 1.51. The highest BCUT2D eigenvalue weighted by Gasteiger charge is 2.26. The molecule has 4 rings (SSSR count). The minimum Gasteiger partial charge on any atom is -0.495 e. The smallest absolute Gasteiger partial charge is 0.242 e. The second-order valence-corrected chi connectivity index (χ2v) is 7.44. The van der Waals surface area contributed by atoms with E-state index < -0.39 is 0 Å². The second kappa shape index (κ2) is 8.13. The van der Waals surface area contributed by atoms with Gasteiger partial charge in [-0.2, -0.15) is 5.10 Å². The number of aromatic nitrogens is 2. The number of benzene rings is 2. The third-order valence-corrected chi connectivity index (χ3v) is 5.33. The number of anilines is 1. The first-order valence-corrected chi connectivity index (χ1v) is 9.75. The molecule has 1 aromatic heterocycles. The minimum atomic E-state index is -0.154. The van der Waals surface area contributed by atoms with E-state index in [2.05, 4.69) is 15.3 Å². The summed E-state index contributed by atoms with van der Waals surface area (Å²) in [5.41, 5.74) is 1.41. The van der Waals surface area contributed by atoms with Crippen LogP contribution in [0.25, 0.3) is 10.9 Å². The number of rotatable bonds is 5. The highest BCUT2D eigenvalue weighted by atomic mass is 35.5. The van der Waals surface area contributed by atoms with Crippen molar-refractivity contribution in [2.45, 2.75) is 19.0 Å². The molecule has 150 valence electrons. The molecular formula is C21H21ClN4O3. The second-order valence-electron chi connectivity index (χ2n) is 7.00. The lowest BCUT2D eigenvalue weighted by Crippen LogP contribution is -2.39. The van der Waals surface area contributed by atoms with Crippen molar-refractivity contribution in [2.24, 2.45) is 0 Å². The average molecular weight is 413 g/mol. The molecule has 0 saturated carbocycles. The Labute approximate surface area is 172 Å². The van der Waals surface area contributed by atoms with Crippen molar-refractivity contribution in [1.29, 1.82) is 0 Å². The third-order valence-electron chi connectivity index (χ3n) is 5.09. The van der Waals surface area contributed by atoms with Crippen LogP contribution >= 0.6 is 11.6 Å². The topological polar surface area (TPSA) is 76.5 Å². The lowest BCUT2D eigenvalue weighted by Gasteiger charge is -2.22. The highest BCUT2D eigenvalue weighted by Crippen LogP contribution is 2.33. The number of nitrogens with zero attached hydrogens (tertiary/aromatic N) is 3. The summed E-state index contributed by atoms with van der Waals surface area (Å²) in [6.07, 6.45) is 2.07. The van der Waals surface area contributed by atoms with Crippen LogP contribution in [-0.2, 0) is 11.3 Å². The molecule has 29 heavy (non-hydrogen) atoms. The van der Waals surface area contributed by atoms with E-state index in [-0.39, 0.29) is 23.9 Å². The number of para-hydroxylation sites is 1. The van der Waals surface area contributed by atoms with E-state index in [1.807, 2.05) is 18.2 Å². The van der Waals surface area contributed by atoms with E-state index in [0.717, 1.165) is 24.4 Å². The van der Waals surface area contributed by atoms with E-state index >= 15 is 0 Å². The molecule has 1 N–H and O–H groups in total. The molecule has 8 heteroatoms. The standard InChI is InChI=1S/C21H21ClN4O3/c1-29-20-7-6-14(22)10-18(20)25-9-8-15(12-25)24-21(28)13-26-17-5-3-2-4-16(17)19(27)11-23-26/h2-7,10-11,15H,8-9,12-13H2,1H3,(H,24,28). The van der Waals surface area contributed by atoms with E-state index in [1.165, 1.54) is 6.20 Å². The summed E-state index contributed by atoms with van der Waals surface area (Å²) >= 11 is 6.14. The number of ether oxygens (including phenoxy) is 1. The third kappa shape index (κ3) is 4.05. The maximum atomic E-state index is 12.6. The van der Waals surface area contributed by atoms with Gasteiger partial charge in [0, 0.05) is 29.5 Å². The van der Waals surface area contributed by atoms with Crippen molar-refractivity contribution < 1.29 is 9.53 Å². The van der Waals surface area contributed by atoms with Gasteiger partial charge in [0.25, 0.3) is 0 Å². The number of amides is 1. The predicted molar refractivity (Wildman–Crippen MR) is 113 cm³/mol. The SMILES string of the molecule is COc1ccc(Cl)cc1N1CCC(NC(=O)Cn2ncc(=O)c3ccccc32)C1. The first kappa shape index (κ1) is 19.3. The van der Waals surface area contributed by atoms with Crippen molar-refractivity contribution in [3.63, 3.8) is 0 Å². The summed E-state index contributed by atoms with van der Waals surface area (Å²) in [5.74, 6) is 0.613. The molecule has 3 aromatic rings. The number of carbonyl (C=O) groups is 1. The zero-order valence-corrected chi connectivity index (χ0v) is 16.7. The molecule has 2 heterocycles. The van der Waals surface area contributed by atoms with Gasteiger partial charge in [-0.25, -0.2) is 0 Å². The molecule has 1 atom stereocenters. The van der Waals surface area contributed by atoms with E-state index in [9.17, 15) is 9.59 Å². The number of nitrogens with one attached hydrogen (secondary N) is 1. The summed E-state index contributed by atoms with van der Waals surface area (Å²) < 4.78 is 6.99. The van der Waals surface area contributed by atoms with Gasteiger partial charge < -0.3 is 15.0 Å².